The molecule has 6 heteroatoms. The second-order valence-corrected chi connectivity index (χ2v) is 5.44. The molecule has 3 rings (SSSR count). The Labute approximate surface area is 128 Å². The third-order valence-corrected chi connectivity index (χ3v) is 3.83. The van der Waals surface area contributed by atoms with Crippen molar-refractivity contribution in [1.82, 2.24) is 10.1 Å². The molecule has 0 radical (unpaired) electrons. The Morgan fingerprint density at radius 1 is 1.19 bits per heavy atom. The van der Waals surface area contributed by atoms with E-state index in [4.69, 9.17) is 10.3 Å². The average molecular weight is 348 g/mol. The number of aromatic nitrogens is 2. The molecule has 106 valence electrons. The van der Waals surface area contributed by atoms with Gasteiger partial charge >= 0.3 is 0 Å². The van der Waals surface area contributed by atoms with Gasteiger partial charge in [-0.1, -0.05) is 11.2 Å². The third-order valence-electron chi connectivity index (χ3n) is 3.14. The molecule has 21 heavy (non-hydrogen) atoms. The van der Waals surface area contributed by atoms with E-state index >= 15 is 0 Å². The van der Waals surface area contributed by atoms with Gasteiger partial charge in [-0.25, -0.2) is 4.39 Å². The molecule has 3 aromatic rings. The number of hydrogen-bond acceptors (Lipinski definition) is 4. The van der Waals surface area contributed by atoms with Crippen molar-refractivity contribution in [1.29, 1.82) is 0 Å². The van der Waals surface area contributed by atoms with Crippen LogP contribution in [0.25, 0.3) is 22.8 Å². The number of hydrogen-bond donors (Lipinski definition) is 1. The van der Waals surface area contributed by atoms with E-state index in [0.29, 0.717) is 23.0 Å². The van der Waals surface area contributed by atoms with Crippen LogP contribution >= 0.6 is 15.9 Å². The number of para-hydroxylation sites is 1. The summed E-state index contributed by atoms with van der Waals surface area (Å²) in [6, 6.07) is 9.90. The van der Waals surface area contributed by atoms with E-state index in [2.05, 4.69) is 26.1 Å². The van der Waals surface area contributed by atoms with Crippen molar-refractivity contribution in [3.05, 3.63) is 52.3 Å². The number of aryl methyl sites for hydroxylation is 1. The van der Waals surface area contributed by atoms with Crippen LogP contribution in [0.3, 0.4) is 0 Å². The highest BCUT2D eigenvalue weighted by atomic mass is 79.9. The molecular weight excluding hydrogens is 337 g/mol. The molecule has 0 aliphatic heterocycles. The molecule has 0 bridgehead atoms. The van der Waals surface area contributed by atoms with E-state index < -0.39 is 0 Å². The molecule has 0 atom stereocenters. The SMILES string of the molecule is Cc1cc(F)ccc1-c1noc(-c2cccc(Br)c2N)n1. The van der Waals surface area contributed by atoms with E-state index in [0.717, 1.165) is 15.6 Å². The lowest BCUT2D eigenvalue weighted by atomic mass is 10.1. The van der Waals surface area contributed by atoms with E-state index in [1.54, 1.807) is 19.1 Å². The lowest BCUT2D eigenvalue weighted by Crippen LogP contribution is -1.91. The molecule has 4 nitrogen and oxygen atoms in total. The normalized spacial score (nSPS) is 10.8. The first kappa shape index (κ1) is 13.8. The van der Waals surface area contributed by atoms with Gasteiger partial charge in [-0.2, -0.15) is 4.98 Å². The van der Waals surface area contributed by atoms with Crippen LogP contribution in [0.1, 0.15) is 5.56 Å². The predicted octanol–water partition coefficient (Wildman–Crippen LogP) is 4.20. The van der Waals surface area contributed by atoms with Crippen molar-refractivity contribution >= 4 is 21.6 Å². The van der Waals surface area contributed by atoms with Crippen LogP contribution in [-0.2, 0) is 0 Å². The van der Waals surface area contributed by atoms with Crippen molar-refractivity contribution in [2.24, 2.45) is 0 Å². The Morgan fingerprint density at radius 2 is 2.00 bits per heavy atom. The maximum Gasteiger partial charge on any atom is 0.260 e. The molecule has 1 heterocycles. The number of nitrogen functional groups attached to an aromatic ring is 1. The fourth-order valence-electron chi connectivity index (χ4n) is 2.04. The highest BCUT2D eigenvalue weighted by molar-refractivity contribution is 9.10. The number of nitrogens with two attached hydrogens (primary N) is 1. The largest absolute Gasteiger partial charge is 0.397 e. The van der Waals surface area contributed by atoms with Crippen LogP contribution < -0.4 is 5.73 Å². The van der Waals surface area contributed by atoms with E-state index in [-0.39, 0.29) is 5.82 Å². The van der Waals surface area contributed by atoms with E-state index in [1.807, 2.05) is 12.1 Å². The van der Waals surface area contributed by atoms with Gasteiger partial charge in [0.15, 0.2) is 0 Å². The second-order valence-electron chi connectivity index (χ2n) is 4.58. The standard InChI is InChI=1S/C15H11BrFN3O/c1-8-7-9(17)5-6-10(8)14-19-15(21-20-14)11-3-2-4-12(16)13(11)18/h2-7H,18H2,1H3. The van der Waals surface area contributed by atoms with Gasteiger partial charge in [0, 0.05) is 10.0 Å². The first-order chi connectivity index (χ1) is 10.1. The molecule has 0 saturated carbocycles. The van der Waals surface area contributed by atoms with Crippen molar-refractivity contribution < 1.29 is 8.91 Å². The zero-order valence-corrected chi connectivity index (χ0v) is 12.7. The van der Waals surface area contributed by atoms with Gasteiger partial charge in [0.05, 0.1) is 11.3 Å². The molecule has 0 unspecified atom stereocenters. The maximum atomic E-state index is 13.1. The summed E-state index contributed by atoms with van der Waals surface area (Å²) >= 11 is 3.36. The minimum absolute atomic E-state index is 0.295. The Balaban J connectivity index is 2.06. The number of nitrogens with zero attached hydrogens (tertiary/aromatic N) is 2. The van der Waals surface area contributed by atoms with Gasteiger partial charge in [-0.15, -0.1) is 0 Å². The minimum Gasteiger partial charge on any atom is -0.397 e. The zero-order valence-electron chi connectivity index (χ0n) is 11.1. The van der Waals surface area contributed by atoms with Crippen LogP contribution in [-0.4, -0.2) is 10.1 Å². The summed E-state index contributed by atoms with van der Waals surface area (Å²) in [5.74, 6) is 0.436. The van der Waals surface area contributed by atoms with E-state index in [1.165, 1.54) is 12.1 Å². The zero-order chi connectivity index (χ0) is 15.0. The molecular formula is C15H11BrFN3O. The van der Waals surface area contributed by atoms with Crippen molar-refractivity contribution in [3.8, 4) is 22.8 Å². The van der Waals surface area contributed by atoms with Crippen LogP contribution in [0, 0.1) is 12.7 Å². The number of halogens is 2. The van der Waals surface area contributed by atoms with Crippen molar-refractivity contribution in [3.63, 3.8) is 0 Å². The van der Waals surface area contributed by atoms with Gasteiger partial charge in [0.2, 0.25) is 5.82 Å². The first-order valence-electron chi connectivity index (χ1n) is 6.21. The van der Waals surface area contributed by atoms with Crippen LogP contribution in [0.2, 0.25) is 0 Å². The second kappa shape index (κ2) is 5.29. The monoisotopic (exact) mass is 347 g/mol. The Kier molecular flexibility index (Phi) is 3.47. The fourth-order valence-corrected chi connectivity index (χ4v) is 2.41. The lowest BCUT2D eigenvalue weighted by Gasteiger charge is -2.02. The summed E-state index contributed by atoms with van der Waals surface area (Å²) in [6.45, 7) is 1.79. The molecule has 0 aliphatic carbocycles. The topological polar surface area (TPSA) is 64.9 Å². The van der Waals surface area contributed by atoms with Gasteiger partial charge in [0.25, 0.3) is 5.89 Å². The summed E-state index contributed by atoms with van der Waals surface area (Å²) in [6.07, 6.45) is 0. The molecule has 1 aromatic heterocycles. The maximum absolute atomic E-state index is 13.1. The highest BCUT2D eigenvalue weighted by Crippen LogP contribution is 2.32. The minimum atomic E-state index is -0.295. The molecule has 0 spiro atoms. The van der Waals surface area contributed by atoms with Gasteiger partial charge in [0.1, 0.15) is 5.82 Å². The molecule has 0 amide bonds. The number of anilines is 1. The van der Waals surface area contributed by atoms with E-state index in [9.17, 15) is 4.39 Å². The fraction of sp³-hybridized carbons (Fsp3) is 0.0667. The molecule has 2 aromatic carbocycles. The Morgan fingerprint density at radius 3 is 2.76 bits per heavy atom. The summed E-state index contributed by atoms with van der Waals surface area (Å²) in [7, 11) is 0. The average Bonchev–Trinajstić information content (AvgIpc) is 2.91. The summed E-state index contributed by atoms with van der Waals surface area (Å²) in [5.41, 5.74) is 8.64. The van der Waals surface area contributed by atoms with Crippen LogP contribution in [0.15, 0.2) is 45.4 Å². The number of rotatable bonds is 2. The summed E-state index contributed by atoms with van der Waals surface area (Å²) < 4.78 is 19.2. The molecule has 0 saturated heterocycles. The smallest absolute Gasteiger partial charge is 0.260 e. The third kappa shape index (κ3) is 2.54. The molecule has 0 fully saturated rings. The highest BCUT2D eigenvalue weighted by Gasteiger charge is 2.15. The Bertz CT molecular complexity index is 816. The quantitative estimate of drug-likeness (QED) is 0.705. The van der Waals surface area contributed by atoms with Crippen molar-refractivity contribution in [2.75, 3.05) is 5.73 Å². The lowest BCUT2D eigenvalue weighted by molar-refractivity contribution is 0.432. The predicted molar refractivity (Wildman–Crippen MR) is 82.0 cm³/mol. The van der Waals surface area contributed by atoms with Gasteiger partial charge in [-0.3, -0.25) is 0 Å². The van der Waals surface area contributed by atoms with Crippen LogP contribution in [0.4, 0.5) is 10.1 Å². The molecule has 2 N–H and O–H groups in total. The summed E-state index contributed by atoms with van der Waals surface area (Å²) in [5, 5.41) is 3.94. The van der Waals surface area contributed by atoms with Crippen molar-refractivity contribution in [2.45, 2.75) is 6.92 Å². The molecule has 0 aliphatic rings. The van der Waals surface area contributed by atoms with Crippen LogP contribution in [0.5, 0.6) is 0 Å². The first-order valence-corrected chi connectivity index (χ1v) is 7.00. The van der Waals surface area contributed by atoms with Gasteiger partial charge in [-0.05, 0) is 58.7 Å². The summed E-state index contributed by atoms with van der Waals surface area (Å²) in [4.78, 5) is 4.34. The number of benzene rings is 2. The Hall–Kier alpha value is -2.21. The van der Waals surface area contributed by atoms with Gasteiger partial charge < -0.3 is 10.3 Å².